The minimum absolute atomic E-state index is 0.0736. The van der Waals surface area contributed by atoms with Crippen molar-refractivity contribution in [3.63, 3.8) is 0 Å². The van der Waals surface area contributed by atoms with Crippen LogP contribution in [0, 0.1) is 6.92 Å². The van der Waals surface area contributed by atoms with Gasteiger partial charge in [0.2, 0.25) is 0 Å². The molecule has 0 aliphatic rings. The van der Waals surface area contributed by atoms with Gasteiger partial charge in [0, 0.05) is 25.0 Å². The molecule has 0 fully saturated rings. The number of nitrogens with zero attached hydrogens (tertiary/aromatic N) is 1. The van der Waals surface area contributed by atoms with Crippen LogP contribution in [0.25, 0.3) is 0 Å². The number of aromatic nitrogens is 1. The topological polar surface area (TPSA) is 30.2 Å². The Hall–Kier alpha value is -1.38. The van der Waals surface area contributed by atoms with Crippen LogP contribution in [0.3, 0.4) is 0 Å². The zero-order chi connectivity index (χ0) is 12.5. The largest absolute Gasteiger partial charge is 0.466 e. The molecule has 0 aromatic carbocycles. The quantitative estimate of drug-likeness (QED) is 0.413. The third-order valence-corrected chi connectivity index (χ3v) is 2.66. The molecule has 94 valence electrons. The van der Waals surface area contributed by atoms with E-state index in [1.165, 1.54) is 5.56 Å². The van der Waals surface area contributed by atoms with Crippen LogP contribution in [0.2, 0.25) is 0 Å². The van der Waals surface area contributed by atoms with Crippen LogP contribution in [-0.2, 0) is 16.1 Å². The van der Waals surface area contributed by atoms with E-state index >= 15 is 0 Å². The monoisotopic (exact) mass is 236 g/mol. The smallest absolute Gasteiger partial charge is 0.305 e. The average Bonchev–Trinajstić information content (AvgIpc) is 2.31. The van der Waals surface area contributed by atoms with Gasteiger partial charge in [-0.15, -0.1) is 0 Å². The molecule has 1 aromatic heterocycles. The zero-order valence-electron chi connectivity index (χ0n) is 10.8. The Bertz CT molecular complexity index is 333. The molecule has 1 aromatic rings. The number of carbonyl (C=O) groups excluding carboxylic acids is 1. The van der Waals surface area contributed by atoms with E-state index in [9.17, 15) is 4.79 Å². The summed E-state index contributed by atoms with van der Waals surface area (Å²) < 4.78 is 7.05. The Morgan fingerprint density at radius 1 is 1.24 bits per heavy atom. The number of unbranched alkanes of at least 4 members (excludes halogenated alkanes) is 2. The second kappa shape index (κ2) is 7.82. The fourth-order valence-electron chi connectivity index (χ4n) is 1.65. The van der Waals surface area contributed by atoms with Gasteiger partial charge in [-0.1, -0.05) is 0 Å². The third-order valence-electron chi connectivity index (χ3n) is 2.66. The minimum atomic E-state index is -0.0736. The second-order valence-electron chi connectivity index (χ2n) is 4.23. The molecule has 0 bridgehead atoms. The standard InChI is InChI=1S/C14H22NO2/c1-3-17-14(16)7-5-4-6-10-15-11-8-13(2)9-12-15/h8-9,11-12H,3-7,10H2,1-2H3/q+1. The molecule has 0 saturated carbocycles. The van der Waals surface area contributed by atoms with Crippen molar-refractivity contribution in [1.82, 2.24) is 0 Å². The lowest BCUT2D eigenvalue weighted by Gasteiger charge is -2.01. The van der Waals surface area contributed by atoms with Gasteiger partial charge < -0.3 is 4.74 Å². The number of rotatable bonds is 7. The summed E-state index contributed by atoms with van der Waals surface area (Å²) in [5.41, 5.74) is 1.28. The Balaban J connectivity index is 2.08. The lowest BCUT2D eigenvalue weighted by molar-refractivity contribution is -0.697. The Kier molecular flexibility index (Phi) is 6.30. The zero-order valence-corrected chi connectivity index (χ0v) is 10.8. The van der Waals surface area contributed by atoms with Gasteiger partial charge in [0.05, 0.1) is 6.61 Å². The fraction of sp³-hybridized carbons (Fsp3) is 0.571. The van der Waals surface area contributed by atoms with Crippen molar-refractivity contribution in [2.24, 2.45) is 0 Å². The highest BCUT2D eigenvalue weighted by molar-refractivity contribution is 5.69. The van der Waals surface area contributed by atoms with E-state index in [4.69, 9.17) is 4.74 Å². The van der Waals surface area contributed by atoms with Gasteiger partial charge in [-0.05, 0) is 32.3 Å². The molecule has 0 saturated heterocycles. The molecule has 1 heterocycles. The first kappa shape index (κ1) is 13.7. The van der Waals surface area contributed by atoms with Gasteiger partial charge in [0.25, 0.3) is 0 Å². The maximum absolute atomic E-state index is 11.1. The molecule has 0 N–H and O–H groups in total. The number of esters is 1. The van der Waals surface area contributed by atoms with Crippen molar-refractivity contribution >= 4 is 5.97 Å². The van der Waals surface area contributed by atoms with E-state index in [0.717, 1.165) is 25.8 Å². The molecule has 0 radical (unpaired) electrons. The van der Waals surface area contributed by atoms with Gasteiger partial charge in [0.15, 0.2) is 12.4 Å². The van der Waals surface area contributed by atoms with Crippen LogP contribution in [0.5, 0.6) is 0 Å². The lowest BCUT2D eigenvalue weighted by Crippen LogP contribution is -2.32. The molecule has 0 aliphatic carbocycles. The average molecular weight is 236 g/mol. The van der Waals surface area contributed by atoms with Gasteiger partial charge in [-0.25, -0.2) is 4.57 Å². The highest BCUT2D eigenvalue weighted by atomic mass is 16.5. The Morgan fingerprint density at radius 2 is 1.94 bits per heavy atom. The van der Waals surface area contributed by atoms with Crippen LogP contribution >= 0.6 is 0 Å². The normalized spacial score (nSPS) is 10.2. The molecule has 0 spiro atoms. The van der Waals surface area contributed by atoms with Gasteiger partial charge in [-0.3, -0.25) is 4.79 Å². The lowest BCUT2D eigenvalue weighted by atomic mass is 10.2. The first-order valence-corrected chi connectivity index (χ1v) is 6.33. The van der Waals surface area contributed by atoms with Crippen molar-refractivity contribution in [3.8, 4) is 0 Å². The number of hydrogen-bond donors (Lipinski definition) is 0. The summed E-state index contributed by atoms with van der Waals surface area (Å²) in [4.78, 5) is 11.1. The third kappa shape index (κ3) is 6.05. The van der Waals surface area contributed by atoms with Gasteiger partial charge in [0.1, 0.15) is 6.54 Å². The minimum Gasteiger partial charge on any atom is -0.466 e. The van der Waals surface area contributed by atoms with E-state index in [0.29, 0.717) is 13.0 Å². The van der Waals surface area contributed by atoms with Crippen molar-refractivity contribution in [1.29, 1.82) is 0 Å². The number of hydrogen-bond acceptors (Lipinski definition) is 2. The second-order valence-corrected chi connectivity index (χ2v) is 4.23. The maximum Gasteiger partial charge on any atom is 0.305 e. The highest BCUT2D eigenvalue weighted by Gasteiger charge is 2.02. The molecule has 0 atom stereocenters. The summed E-state index contributed by atoms with van der Waals surface area (Å²) in [5.74, 6) is -0.0736. The van der Waals surface area contributed by atoms with Crippen LogP contribution in [-0.4, -0.2) is 12.6 Å². The van der Waals surface area contributed by atoms with Gasteiger partial charge >= 0.3 is 5.97 Å². The first-order valence-electron chi connectivity index (χ1n) is 6.33. The summed E-state index contributed by atoms with van der Waals surface area (Å²) >= 11 is 0. The fourth-order valence-corrected chi connectivity index (χ4v) is 1.65. The number of carbonyl (C=O) groups is 1. The highest BCUT2D eigenvalue weighted by Crippen LogP contribution is 2.01. The number of ether oxygens (including phenoxy) is 1. The SMILES string of the molecule is CCOC(=O)CCCCC[n+]1ccc(C)cc1. The number of pyridine rings is 1. The van der Waals surface area contributed by atoms with Crippen LogP contribution in [0.4, 0.5) is 0 Å². The van der Waals surface area contributed by atoms with Crippen LogP contribution < -0.4 is 4.57 Å². The van der Waals surface area contributed by atoms with E-state index in [1.54, 1.807) is 0 Å². The Labute approximate surface area is 103 Å². The summed E-state index contributed by atoms with van der Waals surface area (Å²) in [6.45, 7) is 5.43. The van der Waals surface area contributed by atoms with Crippen molar-refractivity contribution in [2.45, 2.75) is 46.1 Å². The summed E-state index contributed by atoms with van der Waals surface area (Å²) in [6, 6.07) is 4.22. The molecular formula is C14H22NO2+. The predicted octanol–water partition coefficient (Wildman–Crippen LogP) is 2.41. The molecule has 3 nitrogen and oxygen atoms in total. The van der Waals surface area contributed by atoms with E-state index in [-0.39, 0.29) is 5.97 Å². The molecule has 1 rings (SSSR count). The van der Waals surface area contributed by atoms with Crippen LogP contribution in [0.1, 0.15) is 38.2 Å². The van der Waals surface area contributed by atoms with Crippen molar-refractivity contribution < 1.29 is 14.1 Å². The molecule has 3 heteroatoms. The molecule has 0 amide bonds. The molecule has 0 unspecified atom stereocenters. The summed E-state index contributed by atoms with van der Waals surface area (Å²) in [7, 11) is 0. The van der Waals surface area contributed by atoms with Crippen molar-refractivity contribution in [2.75, 3.05) is 6.61 Å². The molecule has 0 aliphatic heterocycles. The molecule has 17 heavy (non-hydrogen) atoms. The van der Waals surface area contributed by atoms with Crippen LogP contribution in [0.15, 0.2) is 24.5 Å². The number of aryl methyl sites for hydroxylation is 2. The summed E-state index contributed by atoms with van der Waals surface area (Å²) in [6.07, 6.45) is 7.84. The van der Waals surface area contributed by atoms with E-state index in [2.05, 4.69) is 36.0 Å². The van der Waals surface area contributed by atoms with E-state index < -0.39 is 0 Å². The van der Waals surface area contributed by atoms with Crippen molar-refractivity contribution in [3.05, 3.63) is 30.1 Å². The summed E-state index contributed by atoms with van der Waals surface area (Å²) in [5, 5.41) is 0. The maximum atomic E-state index is 11.1. The molecular weight excluding hydrogens is 214 g/mol. The van der Waals surface area contributed by atoms with Gasteiger partial charge in [-0.2, -0.15) is 0 Å². The first-order chi connectivity index (χ1) is 8.22. The predicted molar refractivity (Wildman–Crippen MR) is 66.5 cm³/mol. The Morgan fingerprint density at radius 3 is 2.59 bits per heavy atom. The van der Waals surface area contributed by atoms with E-state index in [1.807, 2.05) is 6.92 Å².